The van der Waals surface area contributed by atoms with E-state index in [1.807, 2.05) is 18.2 Å². The molecule has 3 N–H and O–H groups in total. The molecule has 1 amide bonds. The van der Waals surface area contributed by atoms with Gasteiger partial charge in [0, 0.05) is 17.2 Å². The average Bonchev–Trinajstić information content (AvgIpc) is 3.04. The summed E-state index contributed by atoms with van der Waals surface area (Å²) in [6.07, 6.45) is 5.59. The average molecular weight is 304 g/mol. The van der Waals surface area contributed by atoms with Crippen LogP contribution in [0, 0.1) is 12.8 Å². The van der Waals surface area contributed by atoms with Gasteiger partial charge in [-0.25, -0.2) is 0 Å². The topological polar surface area (TPSA) is 55.1 Å². The molecule has 0 saturated heterocycles. The van der Waals surface area contributed by atoms with Crippen LogP contribution in [0.1, 0.15) is 45.4 Å². The van der Waals surface area contributed by atoms with Crippen molar-refractivity contribution in [3.8, 4) is 0 Å². The molecule has 0 aromatic heterocycles. The summed E-state index contributed by atoms with van der Waals surface area (Å²) >= 11 is 0. The van der Waals surface area contributed by atoms with Crippen LogP contribution in [-0.2, 0) is 0 Å². The molecule has 3 nitrogen and oxygen atoms in total. The number of hydrogen-bond acceptors (Lipinski definition) is 2. The third-order valence-electron chi connectivity index (χ3n) is 5.17. The fraction of sp³-hybridized carbons (Fsp3) is 0.250. The molecular weight excluding hydrogens is 284 g/mol. The number of allylic oxidation sites excluding steroid dienone is 2. The van der Waals surface area contributed by atoms with Crippen molar-refractivity contribution in [3.05, 3.63) is 76.9 Å². The standard InChI is InChI=1S/C20H20N2O/c1-12-5-2-3-6-14(12)19-16-8-4-7-15(16)17-11-13(20(21)23)9-10-18(17)22-19/h2-7,9-11,15-16,19,22H,8H2,1H3,(H2,21,23). The molecule has 23 heavy (non-hydrogen) atoms. The van der Waals surface area contributed by atoms with E-state index in [0.717, 1.165) is 12.1 Å². The first-order valence-electron chi connectivity index (χ1n) is 8.07. The molecule has 1 aliphatic heterocycles. The molecule has 0 saturated carbocycles. The van der Waals surface area contributed by atoms with Crippen LogP contribution in [-0.4, -0.2) is 5.91 Å². The van der Waals surface area contributed by atoms with Gasteiger partial charge in [-0.3, -0.25) is 4.79 Å². The summed E-state index contributed by atoms with van der Waals surface area (Å²) in [6.45, 7) is 2.17. The highest BCUT2D eigenvalue weighted by Crippen LogP contribution is 2.50. The maximum absolute atomic E-state index is 11.5. The lowest BCUT2D eigenvalue weighted by Crippen LogP contribution is -2.30. The minimum atomic E-state index is -0.368. The number of nitrogens with one attached hydrogen (secondary N) is 1. The summed E-state index contributed by atoms with van der Waals surface area (Å²) in [4.78, 5) is 11.5. The second kappa shape index (κ2) is 5.27. The zero-order valence-corrected chi connectivity index (χ0v) is 13.1. The SMILES string of the molecule is Cc1ccccc1C1Nc2ccc(C(N)=O)cc2C2C=CCC21. The van der Waals surface area contributed by atoms with E-state index in [0.29, 0.717) is 23.4 Å². The molecule has 1 heterocycles. The maximum Gasteiger partial charge on any atom is 0.248 e. The van der Waals surface area contributed by atoms with Crippen molar-refractivity contribution >= 4 is 11.6 Å². The van der Waals surface area contributed by atoms with Crippen LogP contribution in [0.2, 0.25) is 0 Å². The fourth-order valence-electron chi connectivity index (χ4n) is 3.99. The lowest BCUT2D eigenvalue weighted by atomic mass is 9.76. The van der Waals surface area contributed by atoms with Gasteiger partial charge in [0.2, 0.25) is 5.91 Å². The molecule has 3 heteroatoms. The Morgan fingerprint density at radius 1 is 1.17 bits per heavy atom. The number of carbonyl (C=O) groups excluding carboxylic acids is 1. The van der Waals surface area contributed by atoms with Crippen LogP contribution in [0.15, 0.2) is 54.6 Å². The number of rotatable bonds is 2. The number of carbonyl (C=O) groups is 1. The van der Waals surface area contributed by atoms with E-state index >= 15 is 0 Å². The van der Waals surface area contributed by atoms with E-state index in [2.05, 4.69) is 48.7 Å². The van der Waals surface area contributed by atoms with Gasteiger partial charge >= 0.3 is 0 Å². The summed E-state index contributed by atoms with van der Waals surface area (Å²) < 4.78 is 0. The van der Waals surface area contributed by atoms with E-state index in [1.165, 1.54) is 16.7 Å². The van der Waals surface area contributed by atoms with Gasteiger partial charge in [-0.15, -0.1) is 0 Å². The Morgan fingerprint density at radius 2 is 2.00 bits per heavy atom. The highest BCUT2D eigenvalue weighted by atomic mass is 16.1. The van der Waals surface area contributed by atoms with E-state index in [-0.39, 0.29) is 5.91 Å². The van der Waals surface area contributed by atoms with Crippen molar-refractivity contribution in [2.24, 2.45) is 11.7 Å². The van der Waals surface area contributed by atoms with Gasteiger partial charge in [-0.05, 0) is 54.2 Å². The Balaban J connectivity index is 1.81. The molecule has 1 aliphatic carbocycles. The van der Waals surface area contributed by atoms with Crippen LogP contribution in [0.4, 0.5) is 5.69 Å². The molecule has 0 radical (unpaired) electrons. The minimum absolute atomic E-state index is 0.295. The molecule has 2 aromatic rings. The number of primary amides is 1. The van der Waals surface area contributed by atoms with E-state index in [1.54, 1.807) is 0 Å². The zero-order valence-electron chi connectivity index (χ0n) is 13.1. The second-order valence-corrected chi connectivity index (χ2v) is 6.50. The van der Waals surface area contributed by atoms with Crippen LogP contribution in [0.25, 0.3) is 0 Å². The molecule has 0 fully saturated rings. The zero-order chi connectivity index (χ0) is 16.0. The largest absolute Gasteiger partial charge is 0.378 e. The number of fused-ring (bicyclic) bond motifs is 3. The van der Waals surface area contributed by atoms with E-state index in [9.17, 15) is 4.79 Å². The number of anilines is 1. The molecule has 3 atom stereocenters. The first-order valence-corrected chi connectivity index (χ1v) is 8.07. The van der Waals surface area contributed by atoms with Gasteiger partial charge in [0.25, 0.3) is 0 Å². The summed E-state index contributed by atoms with van der Waals surface area (Å²) in [5, 5.41) is 3.70. The van der Waals surface area contributed by atoms with E-state index < -0.39 is 0 Å². The third kappa shape index (κ3) is 2.24. The highest BCUT2D eigenvalue weighted by Gasteiger charge is 2.38. The van der Waals surface area contributed by atoms with Crippen molar-refractivity contribution < 1.29 is 4.79 Å². The molecule has 2 aromatic carbocycles. The lowest BCUT2D eigenvalue weighted by Gasteiger charge is -2.38. The summed E-state index contributed by atoms with van der Waals surface area (Å²) in [5.74, 6) is 0.453. The molecule has 116 valence electrons. The Morgan fingerprint density at radius 3 is 2.78 bits per heavy atom. The Hall–Kier alpha value is -2.55. The normalized spacial score (nSPS) is 24.7. The smallest absolute Gasteiger partial charge is 0.248 e. The van der Waals surface area contributed by atoms with Crippen molar-refractivity contribution in [3.63, 3.8) is 0 Å². The van der Waals surface area contributed by atoms with Crippen molar-refractivity contribution in [2.75, 3.05) is 5.32 Å². The molecule has 4 rings (SSSR count). The Bertz CT molecular complexity index is 809. The second-order valence-electron chi connectivity index (χ2n) is 6.50. The van der Waals surface area contributed by atoms with Gasteiger partial charge in [0.1, 0.15) is 0 Å². The first-order chi connectivity index (χ1) is 11.1. The van der Waals surface area contributed by atoms with Gasteiger partial charge in [0.05, 0.1) is 6.04 Å². The maximum atomic E-state index is 11.5. The lowest BCUT2D eigenvalue weighted by molar-refractivity contribution is 0.1000. The number of benzene rings is 2. The van der Waals surface area contributed by atoms with Gasteiger partial charge in [0.15, 0.2) is 0 Å². The molecule has 3 unspecified atom stereocenters. The number of aryl methyl sites for hydroxylation is 1. The number of amides is 1. The monoisotopic (exact) mass is 304 g/mol. The third-order valence-corrected chi connectivity index (χ3v) is 5.17. The minimum Gasteiger partial charge on any atom is -0.378 e. The van der Waals surface area contributed by atoms with Crippen LogP contribution in [0.5, 0.6) is 0 Å². The van der Waals surface area contributed by atoms with Gasteiger partial charge in [-0.1, -0.05) is 36.4 Å². The Kier molecular flexibility index (Phi) is 3.22. The summed E-state index contributed by atoms with van der Waals surface area (Å²) in [6, 6.07) is 14.6. The first kappa shape index (κ1) is 14.1. The van der Waals surface area contributed by atoms with Crippen molar-refractivity contribution in [1.82, 2.24) is 0 Å². The molecule has 0 spiro atoms. The fourth-order valence-corrected chi connectivity index (χ4v) is 3.99. The molecular formula is C20H20N2O. The van der Waals surface area contributed by atoms with Crippen LogP contribution in [0.3, 0.4) is 0 Å². The predicted molar refractivity (Wildman–Crippen MR) is 92.5 cm³/mol. The Labute approximate surface area is 136 Å². The quantitative estimate of drug-likeness (QED) is 0.826. The highest BCUT2D eigenvalue weighted by molar-refractivity contribution is 5.93. The number of hydrogen-bond donors (Lipinski definition) is 2. The number of nitrogens with two attached hydrogens (primary N) is 1. The molecule has 0 bridgehead atoms. The summed E-state index contributed by atoms with van der Waals surface area (Å²) in [5.41, 5.74) is 11.0. The summed E-state index contributed by atoms with van der Waals surface area (Å²) in [7, 11) is 0. The van der Waals surface area contributed by atoms with Gasteiger partial charge in [-0.2, -0.15) is 0 Å². The van der Waals surface area contributed by atoms with Crippen LogP contribution < -0.4 is 11.1 Å². The van der Waals surface area contributed by atoms with E-state index in [4.69, 9.17) is 5.73 Å². The molecule has 2 aliphatic rings. The predicted octanol–water partition coefficient (Wildman–Crippen LogP) is 3.92. The van der Waals surface area contributed by atoms with Gasteiger partial charge < -0.3 is 11.1 Å². The van der Waals surface area contributed by atoms with Crippen LogP contribution >= 0.6 is 0 Å². The van der Waals surface area contributed by atoms with Crippen molar-refractivity contribution in [2.45, 2.75) is 25.3 Å². The van der Waals surface area contributed by atoms with Crippen molar-refractivity contribution in [1.29, 1.82) is 0 Å².